The maximum atomic E-state index is 13.3. The Kier molecular flexibility index (Phi) is 7.87. The molecule has 10 heteroatoms. The zero-order valence-electron chi connectivity index (χ0n) is 20.5. The van der Waals surface area contributed by atoms with Crippen molar-refractivity contribution in [2.45, 2.75) is 51.6 Å². The van der Waals surface area contributed by atoms with Gasteiger partial charge >= 0.3 is 0 Å². The van der Waals surface area contributed by atoms with Crippen molar-refractivity contribution in [3.8, 4) is 17.2 Å². The molecule has 1 amide bonds. The van der Waals surface area contributed by atoms with Gasteiger partial charge in [0.1, 0.15) is 6.33 Å². The summed E-state index contributed by atoms with van der Waals surface area (Å²) in [4.78, 5) is 17.7. The number of ether oxygens (including phenoxy) is 3. The molecule has 1 aliphatic heterocycles. The Hall–Kier alpha value is -2.88. The Labute approximate surface area is 201 Å². The van der Waals surface area contributed by atoms with Crippen LogP contribution in [0.4, 0.5) is 0 Å². The Morgan fingerprint density at radius 3 is 2.32 bits per heavy atom. The first-order chi connectivity index (χ1) is 16.6. The smallest absolute Gasteiger partial charge is 0.223 e. The summed E-state index contributed by atoms with van der Waals surface area (Å²) in [5, 5.41) is 11.6. The van der Waals surface area contributed by atoms with Crippen LogP contribution in [0.5, 0.6) is 17.2 Å². The van der Waals surface area contributed by atoms with Gasteiger partial charge in [-0.05, 0) is 34.7 Å². The van der Waals surface area contributed by atoms with Crippen molar-refractivity contribution in [1.29, 1.82) is 0 Å². The molecule has 186 valence electrons. The molecule has 2 heterocycles. The monoisotopic (exact) mass is 472 g/mol. The summed E-state index contributed by atoms with van der Waals surface area (Å²) in [6.07, 6.45) is 7.89. The van der Waals surface area contributed by atoms with Gasteiger partial charge in [-0.2, -0.15) is 0 Å². The fourth-order valence-electron chi connectivity index (χ4n) is 5.41. The molecular formula is C24H36N6O4. The number of tetrazole rings is 1. The second-order valence-electron chi connectivity index (χ2n) is 9.40. The number of hydrogen-bond donors (Lipinski definition) is 0. The molecule has 0 spiro atoms. The lowest BCUT2D eigenvalue weighted by atomic mass is 9.71. The van der Waals surface area contributed by atoms with E-state index in [-0.39, 0.29) is 11.3 Å². The van der Waals surface area contributed by atoms with Gasteiger partial charge in [-0.1, -0.05) is 25.3 Å². The van der Waals surface area contributed by atoms with Gasteiger partial charge < -0.3 is 19.1 Å². The van der Waals surface area contributed by atoms with Crippen molar-refractivity contribution in [3.05, 3.63) is 24.0 Å². The van der Waals surface area contributed by atoms with Crippen molar-refractivity contribution < 1.29 is 19.0 Å². The molecule has 1 saturated heterocycles. The maximum absolute atomic E-state index is 13.3. The minimum Gasteiger partial charge on any atom is -0.493 e. The van der Waals surface area contributed by atoms with E-state index >= 15 is 0 Å². The van der Waals surface area contributed by atoms with E-state index in [9.17, 15) is 4.79 Å². The molecule has 1 saturated carbocycles. The summed E-state index contributed by atoms with van der Waals surface area (Å²) in [6.45, 7) is 4.55. The van der Waals surface area contributed by atoms with Crippen LogP contribution in [0.2, 0.25) is 0 Å². The minimum absolute atomic E-state index is 0.0468. The van der Waals surface area contributed by atoms with E-state index in [0.717, 1.165) is 64.0 Å². The highest BCUT2D eigenvalue weighted by Gasteiger charge is 2.37. The predicted molar refractivity (Wildman–Crippen MR) is 126 cm³/mol. The average Bonchev–Trinajstić information content (AvgIpc) is 3.37. The number of hydrogen-bond acceptors (Lipinski definition) is 8. The number of piperazine rings is 1. The molecule has 0 atom stereocenters. The number of nitrogens with zero attached hydrogens (tertiary/aromatic N) is 6. The number of carbonyl (C=O) groups excluding carboxylic acids is 1. The highest BCUT2D eigenvalue weighted by molar-refractivity contribution is 5.77. The Morgan fingerprint density at radius 1 is 0.971 bits per heavy atom. The highest BCUT2D eigenvalue weighted by atomic mass is 16.5. The molecular weight excluding hydrogens is 436 g/mol. The van der Waals surface area contributed by atoms with E-state index in [1.54, 1.807) is 32.3 Å². The molecule has 0 unspecified atom stereocenters. The predicted octanol–water partition coefficient (Wildman–Crippen LogP) is 2.38. The molecule has 0 radical (unpaired) electrons. The van der Waals surface area contributed by atoms with Gasteiger partial charge in [0.15, 0.2) is 11.5 Å². The number of carbonyl (C=O) groups is 1. The number of amides is 1. The third-order valence-corrected chi connectivity index (χ3v) is 7.23. The molecule has 2 aliphatic rings. The lowest BCUT2D eigenvalue weighted by molar-refractivity contribution is -0.136. The quantitative estimate of drug-likeness (QED) is 0.549. The first-order valence-corrected chi connectivity index (χ1v) is 12.1. The Balaban J connectivity index is 1.36. The summed E-state index contributed by atoms with van der Waals surface area (Å²) in [5.41, 5.74) is 0.997. The number of rotatable bonds is 9. The largest absolute Gasteiger partial charge is 0.493 e. The maximum Gasteiger partial charge on any atom is 0.223 e. The summed E-state index contributed by atoms with van der Waals surface area (Å²) < 4.78 is 18.3. The zero-order valence-corrected chi connectivity index (χ0v) is 20.5. The standard InChI is InChI=1S/C24H36N6O4/c1-32-20-8-7-19(22(33-2)23(20)34-3)16-28-11-13-29(14-12-28)21(31)15-24(9-5-4-6-10-24)17-30-18-25-26-27-30/h7-8,18H,4-6,9-17H2,1-3H3. The highest BCUT2D eigenvalue weighted by Crippen LogP contribution is 2.42. The molecule has 4 rings (SSSR count). The van der Waals surface area contributed by atoms with E-state index < -0.39 is 0 Å². The molecule has 34 heavy (non-hydrogen) atoms. The summed E-state index contributed by atoms with van der Waals surface area (Å²) >= 11 is 0. The molecule has 1 aliphatic carbocycles. The van der Waals surface area contributed by atoms with Crippen molar-refractivity contribution in [3.63, 3.8) is 0 Å². The van der Waals surface area contributed by atoms with Gasteiger partial charge in [0.25, 0.3) is 0 Å². The number of methoxy groups -OCH3 is 3. The van der Waals surface area contributed by atoms with Crippen LogP contribution in [0.1, 0.15) is 44.1 Å². The van der Waals surface area contributed by atoms with Crippen LogP contribution in [0.25, 0.3) is 0 Å². The van der Waals surface area contributed by atoms with Gasteiger partial charge in [0.2, 0.25) is 11.7 Å². The lowest BCUT2D eigenvalue weighted by Crippen LogP contribution is -2.49. The summed E-state index contributed by atoms with van der Waals surface area (Å²) in [5.74, 6) is 2.20. The Morgan fingerprint density at radius 2 is 1.71 bits per heavy atom. The third kappa shape index (κ3) is 5.43. The van der Waals surface area contributed by atoms with Crippen LogP contribution in [0, 0.1) is 5.41 Å². The third-order valence-electron chi connectivity index (χ3n) is 7.23. The average molecular weight is 473 g/mol. The van der Waals surface area contributed by atoms with Crippen LogP contribution < -0.4 is 14.2 Å². The fraction of sp³-hybridized carbons (Fsp3) is 0.667. The fourth-order valence-corrected chi connectivity index (χ4v) is 5.41. The van der Waals surface area contributed by atoms with Crippen LogP contribution >= 0.6 is 0 Å². The van der Waals surface area contributed by atoms with E-state index in [2.05, 4.69) is 20.4 Å². The normalized spacial score (nSPS) is 18.5. The molecule has 1 aromatic heterocycles. The van der Waals surface area contributed by atoms with E-state index in [4.69, 9.17) is 14.2 Å². The van der Waals surface area contributed by atoms with Crippen LogP contribution in [0.15, 0.2) is 18.5 Å². The van der Waals surface area contributed by atoms with E-state index in [1.165, 1.54) is 6.42 Å². The van der Waals surface area contributed by atoms with Gasteiger partial charge in [-0.3, -0.25) is 9.69 Å². The first-order valence-electron chi connectivity index (χ1n) is 12.1. The van der Waals surface area contributed by atoms with Crippen molar-refractivity contribution in [2.24, 2.45) is 5.41 Å². The molecule has 0 N–H and O–H groups in total. The molecule has 10 nitrogen and oxygen atoms in total. The summed E-state index contributed by atoms with van der Waals surface area (Å²) in [7, 11) is 4.88. The Bertz CT molecular complexity index is 937. The van der Waals surface area contributed by atoms with Crippen LogP contribution in [-0.2, 0) is 17.9 Å². The summed E-state index contributed by atoms with van der Waals surface area (Å²) in [6, 6.07) is 3.92. The lowest BCUT2D eigenvalue weighted by Gasteiger charge is -2.40. The molecule has 2 aromatic rings. The van der Waals surface area contributed by atoms with Gasteiger partial charge in [-0.25, -0.2) is 4.68 Å². The van der Waals surface area contributed by atoms with Crippen molar-refractivity contribution in [2.75, 3.05) is 47.5 Å². The topological polar surface area (TPSA) is 94.8 Å². The second kappa shape index (κ2) is 11.0. The molecule has 0 bridgehead atoms. The minimum atomic E-state index is -0.0468. The number of benzene rings is 1. The van der Waals surface area contributed by atoms with Crippen molar-refractivity contribution in [1.82, 2.24) is 30.0 Å². The second-order valence-corrected chi connectivity index (χ2v) is 9.40. The van der Waals surface area contributed by atoms with E-state index in [0.29, 0.717) is 30.2 Å². The SMILES string of the molecule is COc1ccc(CN2CCN(C(=O)CC3(Cn4cnnn4)CCCCC3)CC2)c(OC)c1OC. The number of aromatic nitrogens is 4. The van der Waals surface area contributed by atoms with Gasteiger partial charge in [0, 0.05) is 44.7 Å². The van der Waals surface area contributed by atoms with Gasteiger partial charge in [-0.15, -0.1) is 5.10 Å². The molecule has 1 aromatic carbocycles. The van der Waals surface area contributed by atoms with Crippen LogP contribution in [-0.4, -0.2) is 83.4 Å². The van der Waals surface area contributed by atoms with Crippen LogP contribution in [0.3, 0.4) is 0 Å². The molecule has 2 fully saturated rings. The zero-order chi connectivity index (χ0) is 24.0. The first kappa shape index (κ1) is 24.3. The van der Waals surface area contributed by atoms with Crippen molar-refractivity contribution >= 4 is 5.91 Å². The van der Waals surface area contributed by atoms with E-state index in [1.807, 2.05) is 17.0 Å². The van der Waals surface area contributed by atoms with Gasteiger partial charge in [0.05, 0.1) is 27.9 Å².